The molecule has 0 aliphatic rings. The van der Waals surface area contributed by atoms with Crippen molar-refractivity contribution in [1.29, 1.82) is 0 Å². The van der Waals surface area contributed by atoms with Crippen molar-refractivity contribution in [3.63, 3.8) is 0 Å². The van der Waals surface area contributed by atoms with E-state index in [0.717, 1.165) is 24.1 Å². The predicted molar refractivity (Wildman–Crippen MR) is 61.8 cm³/mol. The van der Waals surface area contributed by atoms with Crippen LogP contribution in [-0.2, 0) is 11.2 Å². The van der Waals surface area contributed by atoms with Gasteiger partial charge in [-0.1, -0.05) is 13.3 Å². The molecule has 0 aliphatic heterocycles. The van der Waals surface area contributed by atoms with Gasteiger partial charge in [-0.2, -0.15) is 0 Å². The van der Waals surface area contributed by atoms with Crippen molar-refractivity contribution >= 4 is 5.97 Å². The number of carbonyl (C=O) groups is 1. The van der Waals surface area contributed by atoms with Crippen LogP contribution in [0.1, 0.15) is 37.1 Å². The fourth-order valence-electron chi connectivity index (χ4n) is 1.67. The first kappa shape index (κ1) is 12.5. The van der Waals surface area contributed by atoms with Crippen molar-refractivity contribution < 1.29 is 9.53 Å². The first-order valence-corrected chi connectivity index (χ1v) is 5.38. The number of rotatable bonds is 3. The largest absolute Gasteiger partial charge is 0.426 e. The zero-order valence-electron chi connectivity index (χ0n) is 10.1. The molecule has 88 valence electrons. The third kappa shape index (κ3) is 2.51. The number of H-pyrrole nitrogens is 1. The average Bonchev–Trinajstić information content (AvgIpc) is 2.19. The van der Waals surface area contributed by atoms with E-state index in [1.807, 2.05) is 13.8 Å². The van der Waals surface area contributed by atoms with E-state index >= 15 is 0 Å². The monoisotopic (exact) mass is 223 g/mol. The standard InChI is InChI=1S/C12H17NO3/c1-5-6-10-8(3)13-12(15)7(2)11(10)16-9(4)14/h5-6H2,1-4H3,(H,13,15). The summed E-state index contributed by atoms with van der Waals surface area (Å²) in [5.74, 6) is 0.0288. The number of carbonyl (C=O) groups excluding carboxylic acids is 1. The molecule has 0 unspecified atom stereocenters. The highest BCUT2D eigenvalue weighted by atomic mass is 16.5. The van der Waals surface area contributed by atoms with Crippen LogP contribution in [0.2, 0.25) is 0 Å². The van der Waals surface area contributed by atoms with Gasteiger partial charge in [0, 0.05) is 18.2 Å². The summed E-state index contributed by atoms with van der Waals surface area (Å²) in [7, 11) is 0. The van der Waals surface area contributed by atoms with Crippen LogP contribution in [0, 0.1) is 13.8 Å². The number of ether oxygens (including phenoxy) is 1. The van der Waals surface area contributed by atoms with Gasteiger partial charge >= 0.3 is 5.97 Å². The molecule has 4 nitrogen and oxygen atoms in total. The van der Waals surface area contributed by atoms with Gasteiger partial charge in [0.25, 0.3) is 5.56 Å². The Kier molecular flexibility index (Phi) is 3.88. The van der Waals surface area contributed by atoms with Gasteiger partial charge in [-0.05, 0) is 20.3 Å². The zero-order valence-corrected chi connectivity index (χ0v) is 10.1. The number of aromatic nitrogens is 1. The molecule has 1 aromatic heterocycles. The lowest BCUT2D eigenvalue weighted by Gasteiger charge is -2.13. The minimum atomic E-state index is -0.398. The highest BCUT2D eigenvalue weighted by Crippen LogP contribution is 2.24. The maximum atomic E-state index is 11.6. The van der Waals surface area contributed by atoms with Crippen LogP contribution in [0.25, 0.3) is 0 Å². The molecule has 4 heteroatoms. The van der Waals surface area contributed by atoms with Crippen LogP contribution >= 0.6 is 0 Å². The number of esters is 1. The van der Waals surface area contributed by atoms with Crippen molar-refractivity contribution in [2.45, 2.75) is 40.5 Å². The second-order valence-electron chi connectivity index (χ2n) is 3.86. The van der Waals surface area contributed by atoms with Gasteiger partial charge in [0.2, 0.25) is 0 Å². The van der Waals surface area contributed by atoms with Crippen LogP contribution in [-0.4, -0.2) is 11.0 Å². The summed E-state index contributed by atoms with van der Waals surface area (Å²) in [6, 6.07) is 0. The van der Waals surface area contributed by atoms with Crippen LogP contribution in [0.4, 0.5) is 0 Å². The average molecular weight is 223 g/mol. The first-order chi connectivity index (χ1) is 7.47. The van der Waals surface area contributed by atoms with Crippen LogP contribution < -0.4 is 10.3 Å². The van der Waals surface area contributed by atoms with Gasteiger partial charge in [-0.25, -0.2) is 0 Å². The summed E-state index contributed by atoms with van der Waals surface area (Å²) in [6.45, 7) is 6.86. The second-order valence-corrected chi connectivity index (χ2v) is 3.86. The lowest BCUT2D eigenvalue weighted by molar-refractivity contribution is -0.132. The van der Waals surface area contributed by atoms with Crippen molar-refractivity contribution in [3.8, 4) is 5.75 Å². The smallest absolute Gasteiger partial charge is 0.308 e. The van der Waals surface area contributed by atoms with Gasteiger partial charge in [0.15, 0.2) is 0 Å². The molecule has 1 N–H and O–H groups in total. The topological polar surface area (TPSA) is 59.2 Å². The predicted octanol–water partition coefficient (Wildman–Crippen LogP) is 1.87. The summed E-state index contributed by atoms with van der Waals surface area (Å²) in [5, 5.41) is 0. The van der Waals surface area contributed by atoms with E-state index in [2.05, 4.69) is 4.98 Å². The van der Waals surface area contributed by atoms with Crippen molar-refractivity contribution in [2.75, 3.05) is 0 Å². The molecule has 16 heavy (non-hydrogen) atoms. The Morgan fingerprint density at radius 2 is 2.00 bits per heavy atom. The van der Waals surface area contributed by atoms with Crippen molar-refractivity contribution in [3.05, 3.63) is 27.2 Å². The van der Waals surface area contributed by atoms with E-state index in [4.69, 9.17) is 4.74 Å². The quantitative estimate of drug-likeness (QED) is 0.796. The molecule has 0 radical (unpaired) electrons. The molecule has 0 atom stereocenters. The molecule has 0 aliphatic carbocycles. The molecule has 0 saturated carbocycles. The highest BCUT2D eigenvalue weighted by molar-refractivity contribution is 5.70. The first-order valence-electron chi connectivity index (χ1n) is 5.38. The van der Waals surface area contributed by atoms with Crippen molar-refractivity contribution in [1.82, 2.24) is 4.98 Å². The maximum Gasteiger partial charge on any atom is 0.308 e. The third-order valence-corrected chi connectivity index (χ3v) is 2.45. The van der Waals surface area contributed by atoms with Gasteiger partial charge < -0.3 is 9.72 Å². The summed E-state index contributed by atoms with van der Waals surface area (Å²) in [5.41, 5.74) is 1.95. The van der Waals surface area contributed by atoms with Gasteiger partial charge in [-0.15, -0.1) is 0 Å². The van der Waals surface area contributed by atoms with Crippen LogP contribution in [0.15, 0.2) is 4.79 Å². The number of aromatic amines is 1. The Balaban J connectivity index is 3.38. The number of nitrogens with one attached hydrogen (secondary N) is 1. The molecule has 0 aromatic carbocycles. The molecule has 0 saturated heterocycles. The molecular formula is C12H17NO3. The Morgan fingerprint density at radius 1 is 1.38 bits per heavy atom. The lowest BCUT2D eigenvalue weighted by Crippen LogP contribution is -2.17. The minimum Gasteiger partial charge on any atom is -0.426 e. The zero-order chi connectivity index (χ0) is 12.3. The summed E-state index contributed by atoms with van der Waals surface area (Å²) in [6.07, 6.45) is 1.71. The van der Waals surface area contributed by atoms with E-state index in [-0.39, 0.29) is 5.56 Å². The normalized spacial score (nSPS) is 10.2. The lowest BCUT2D eigenvalue weighted by atomic mass is 10.1. The fourth-order valence-corrected chi connectivity index (χ4v) is 1.67. The molecule has 1 aromatic rings. The maximum absolute atomic E-state index is 11.6. The number of pyridine rings is 1. The Hall–Kier alpha value is -1.58. The van der Waals surface area contributed by atoms with Gasteiger partial charge in [0.1, 0.15) is 5.75 Å². The Bertz CT molecular complexity index is 460. The number of hydrogen-bond donors (Lipinski definition) is 1. The highest BCUT2D eigenvalue weighted by Gasteiger charge is 2.14. The third-order valence-electron chi connectivity index (χ3n) is 2.45. The molecule has 0 fully saturated rings. The second kappa shape index (κ2) is 4.96. The van der Waals surface area contributed by atoms with E-state index in [0.29, 0.717) is 11.3 Å². The molecule has 0 spiro atoms. The van der Waals surface area contributed by atoms with E-state index in [1.165, 1.54) is 6.92 Å². The molecule has 0 amide bonds. The molecule has 0 bridgehead atoms. The SMILES string of the molecule is CCCc1c(C)[nH]c(=O)c(C)c1OC(C)=O. The summed E-state index contributed by atoms with van der Waals surface area (Å²) < 4.78 is 5.13. The fraction of sp³-hybridized carbons (Fsp3) is 0.500. The number of hydrogen-bond acceptors (Lipinski definition) is 3. The van der Waals surface area contributed by atoms with Crippen LogP contribution in [0.5, 0.6) is 5.75 Å². The summed E-state index contributed by atoms with van der Waals surface area (Å²) >= 11 is 0. The van der Waals surface area contributed by atoms with Gasteiger partial charge in [0.05, 0.1) is 5.56 Å². The van der Waals surface area contributed by atoms with Gasteiger partial charge in [-0.3, -0.25) is 9.59 Å². The van der Waals surface area contributed by atoms with Crippen LogP contribution in [0.3, 0.4) is 0 Å². The summed E-state index contributed by atoms with van der Waals surface area (Å²) in [4.78, 5) is 25.3. The molecule has 1 rings (SSSR count). The minimum absolute atomic E-state index is 0.200. The molecular weight excluding hydrogens is 206 g/mol. The van der Waals surface area contributed by atoms with E-state index in [1.54, 1.807) is 6.92 Å². The Labute approximate surface area is 94.6 Å². The molecule has 1 heterocycles. The Morgan fingerprint density at radius 3 is 2.50 bits per heavy atom. The van der Waals surface area contributed by atoms with E-state index < -0.39 is 5.97 Å². The number of aryl methyl sites for hydroxylation is 1. The van der Waals surface area contributed by atoms with E-state index in [9.17, 15) is 9.59 Å². The van der Waals surface area contributed by atoms with Crippen molar-refractivity contribution in [2.24, 2.45) is 0 Å².